The molecule has 0 fully saturated rings. The molecule has 1 aromatic carbocycles. The minimum absolute atomic E-state index is 0.360. The van der Waals surface area contributed by atoms with Crippen LogP contribution in [0.1, 0.15) is 12.5 Å². The maximum Gasteiger partial charge on any atom is 0.219 e. The van der Waals surface area contributed by atoms with Crippen LogP contribution in [0.15, 0.2) is 41.0 Å². The third-order valence-electron chi connectivity index (χ3n) is 2.49. The third-order valence-corrected chi connectivity index (χ3v) is 3.13. The van der Waals surface area contributed by atoms with Crippen LogP contribution in [-0.4, -0.2) is 11.5 Å². The maximum atomic E-state index is 13.3. The molecular formula is C14H14BrFN2O. The Morgan fingerprint density at radius 3 is 2.79 bits per heavy atom. The summed E-state index contributed by atoms with van der Waals surface area (Å²) in [5.74, 6) is 0.510. The van der Waals surface area contributed by atoms with Gasteiger partial charge in [-0.2, -0.15) is 0 Å². The molecule has 5 heteroatoms. The number of ether oxygens (including phenoxy) is 1. The molecule has 1 aromatic heterocycles. The standard InChI is InChI=1S/C14H14BrFN2O/c1-2-17-8-10-3-6-14(18-9-10)19-11-4-5-12(15)13(16)7-11/h3-7,9,17H,2,8H2,1H3. The van der Waals surface area contributed by atoms with Crippen molar-refractivity contribution in [1.82, 2.24) is 10.3 Å². The fourth-order valence-electron chi connectivity index (χ4n) is 1.51. The van der Waals surface area contributed by atoms with Crippen LogP contribution >= 0.6 is 15.9 Å². The number of nitrogens with one attached hydrogen (secondary N) is 1. The van der Waals surface area contributed by atoms with Crippen molar-refractivity contribution < 1.29 is 9.13 Å². The van der Waals surface area contributed by atoms with Crippen LogP contribution in [-0.2, 0) is 6.54 Å². The summed E-state index contributed by atoms with van der Waals surface area (Å²) in [7, 11) is 0. The Hall–Kier alpha value is -1.46. The molecule has 0 unspecified atom stereocenters. The Balaban J connectivity index is 2.04. The third kappa shape index (κ3) is 4.01. The lowest BCUT2D eigenvalue weighted by molar-refractivity contribution is 0.457. The molecule has 19 heavy (non-hydrogen) atoms. The van der Waals surface area contributed by atoms with Gasteiger partial charge < -0.3 is 10.1 Å². The molecule has 2 rings (SSSR count). The molecule has 0 aliphatic heterocycles. The van der Waals surface area contributed by atoms with Gasteiger partial charge in [-0.25, -0.2) is 9.37 Å². The van der Waals surface area contributed by atoms with Crippen molar-refractivity contribution in [3.8, 4) is 11.6 Å². The van der Waals surface area contributed by atoms with E-state index in [-0.39, 0.29) is 5.82 Å². The van der Waals surface area contributed by atoms with Gasteiger partial charge in [0.1, 0.15) is 11.6 Å². The molecule has 100 valence electrons. The maximum absolute atomic E-state index is 13.3. The molecule has 1 N–H and O–H groups in total. The molecule has 3 nitrogen and oxygen atoms in total. The Kier molecular flexibility index (Phi) is 4.87. The van der Waals surface area contributed by atoms with Gasteiger partial charge >= 0.3 is 0 Å². The van der Waals surface area contributed by atoms with Gasteiger partial charge in [0.25, 0.3) is 0 Å². The van der Waals surface area contributed by atoms with Crippen molar-refractivity contribution >= 4 is 15.9 Å². The van der Waals surface area contributed by atoms with E-state index in [4.69, 9.17) is 4.74 Å². The fraction of sp³-hybridized carbons (Fsp3) is 0.214. The summed E-state index contributed by atoms with van der Waals surface area (Å²) in [6, 6.07) is 8.30. The van der Waals surface area contributed by atoms with Gasteiger partial charge in [0.2, 0.25) is 5.88 Å². The number of hydrogen-bond acceptors (Lipinski definition) is 3. The Labute approximate surface area is 119 Å². The Morgan fingerprint density at radius 1 is 1.32 bits per heavy atom. The lowest BCUT2D eigenvalue weighted by Crippen LogP contribution is -2.11. The van der Waals surface area contributed by atoms with Crippen LogP contribution in [0.3, 0.4) is 0 Å². The second kappa shape index (κ2) is 6.63. The van der Waals surface area contributed by atoms with Crippen LogP contribution in [0.25, 0.3) is 0 Å². The molecule has 0 radical (unpaired) electrons. The molecule has 0 aliphatic rings. The molecule has 0 saturated heterocycles. The number of aromatic nitrogens is 1. The van der Waals surface area contributed by atoms with Crippen molar-refractivity contribution in [3.05, 3.63) is 52.4 Å². The first-order valence-corrected chi connectivity index (χ1v) is 6.77. The number of halogens is 2. The zero-order valence-corrected chi connectivity index (χ0v) is 12.1. The summed E-state index contributed by atoms with van der Waals surface area (Å²) in [6.07, 6.45) is 1.74. The van der Waals surface area contributed by atoms with Gasteiger partial charge in [0.15, 0.2) is 0 Å². The Morgan fingerprint density at radius 2 is 2.16 bits per heavy atom. The van der Waals surface area contributed by atoms with Crippen molar-refractivity contribution in [3.63, 3.8) is 0 Å². The predicted molar refractivity (Wildman–Crippen MR) is 75.8 cm³/mol. The largest absolute Gasteiger partial charge is 0.439 e. The average Bonchev–Trinajstić information content (AvgIpc) is 2.42. The highest BCUT2D eigenvalue weighted by Crippen LogP contribution is 2.24. The summed E-state index contributed by atoms with van der Waals surface area (Å²) in [5, 5.41) is 3.21. The molecule has 0 aliphatic carbocycles. The molecule has 0 amide bonds. The van der Waals surface area contributed by atoms with Gasteiger partial charge in [-0.3, -0.25) is 0 Å². The predicted octanol–water partition coefficient (Wildman–Crippen LogP) is 3.89. The number of rotatable bonds is 5. The summed E-state index contributed by atoms with van der Waals surface area (Å²) in [5.41, 5.74) is 1.08. The number of hydrogen-bond donors (Lipinski definition) is 1. The monoisotopic (exact) mass is 324 g/mol. The molecule has 0 atom stereocenters. The molecule has 2 aromatic rings. The molecule has 0 saturated carbocycles. The summed E-state index contributed by atoms with van der Waals surface area (Å²) < 4.78 is 19.2. The van der Waals surface area contributed by atoms with Crippen LogP contribution in [0, 0.1) is 5.82 Å². The lowest BCUT2D eigenvalue weighted by Gasteiger charge is -2.06. The van der Waals surface area contributed by atoms with Gasteiger partial charge in [0, 0.05) is 24.9 Å². The molecule has 0 spiro atoms. The molecular weight excluding hydrogens is 311 g/mol. The van der Waals surface area contributed by atoms with E-state index in [1.54, 1.807) is 24.4 Å². The highest BCUT2D eigenvalue weighted by Gasteiger charge is 2.03. The van der Waals surface area contributed by atoms with Crippen molar-refractivity contribution in [2.24, 2.45) is 0 Å². The quantitative estimate of drug-likeness (QED) is 0.906. The highest BCUT2D eigenvalue weighted by molar-refractivity contribution is 9.10. The lowest BCUT2D eigenvalue weighted by atomic mass is 10.3. The first kappa shape index (κ1) is 14.0. The van der Waals surface area contributed by atoms with Crippen molar-refractivity contribution in [1.29, 1.82) is 0 Å². The van der Waals surface area contributed by atoms with Gasteiger partial charge in [0.05, 0.1) is 4.47 Å². The van der Waals surface area contributed by atoms with E-state index in [1.165, 1.54) is 6.07 Å². The summed E-state index contributed by atoms with van der Waals surface area (Å²) >= 11 is 3.10. The van der Waals surface area contributed by atoms with E-state index in [1.807, 2.05) is 13.0 Å². The van der Waals surface area contributed by atoms with Crippen LogP contribution < -0.4 is 10.1 Å². The number of nitrogens with zero attached hydrogens (tertiary/aromatic N) is 1. The van der Waals surface area contributed by atoms with Crippen LogP contribution in [0.2, 0.25) is 0 Å². The van der Waals surface area contributed by atoms with E-state index in [2.05, 4.69) is 26.2 Å². The van der Waals surface area contributed by atoms with E-state index < -0.39 is 0 Å². The summed E-state index contributed by atoms with van der Waals surface area (Å²) in [4.78, 5) is 4.18. The minimum atomic E-state index is -0.360. The summed E-state index contributed by atoms with van der Waals surface area (Å²) in [6.45, 7) is 3.74. The van der Waals surface area contributed by atoms with Crippen LogP contribution in [0.5, 0.6) is 11.6 Å². The first-order valence-electron chi connectivity index (χ1n) is 5.97. The Bertz CT molecular complexity index is 546. The number of pyridine rings is 1. The average molecular weight is 325 g/mol. The van der Waals surface area contributed by atoms with Gasteiger partial charge in [-0.1, -0.05) is 13.0 Å². The minimum Gasteiger partial charge on any atom is -0.439 e. The van der Waals surface area contributed by atoms with Crippen molar-refractivity contribution in [2.75, 3.05) is 6.54 Å². The SMILES string of the molecule is CCNCc1ccc(Oc2ccc(Br)c(F)c2)nc1. The van der Waals surface area contributed by atoms with E-state index in [9.17, 15) is 4.39 Å². The van der Waals surface area contributed by atoms with Crippen LogP contribution in [0.4, 0.5) is 4.39 Å². The highest BCUT2D eigenvalue weighted by atomic mass is 79.9. The molecule has 0 bridgehead atoms. The normalized spacial score (nSPS) is 10.5. The van der Waals surface area contributed by atoms with E-state index >= 15 is 0 Å². The zero-order valence-electron chi connectivity index (χ0n) is 10.5. The second-order valence-electron chi connectivity index (χ2n) is 3.96. The second-order valence-corrected chi connectivity index (χ2v) is 4.82. The van der Waals surface area contributed by atoms with Crippen molar-refractivity contribution in [2.45, 2.75) is 13.5 Å². The zero-order chi connectivity index (χ0) is 13.7. The van der Waals surface area contributed by atoms with Gasteiger partial charge in [-0.15, -0.1) is 0 Å². The van der Waals surface area contributed by atoms with E-state index in [0.717, 1.165) is 18.7 Å². The first-order chi connectivity index (χ1) is 9.19. The number of benzene rings is 1. The molecule has 1 heterocycles. The van der Waals surface area contributed by atoms with Gasteiger partial charge in [-0.05, 0) is 40.2 Å². The fourth-order valence-corrected chi connectivity index (χ4v) is 1.75. The topological polar surface area (TPSA) is 34.1 Å². The smallest absolute Gasteiger partial charge is 0.219 e. The van der Waals surface area contributed by atoms with E-state index in [0.29, 0.717) is 16.1 Å².